The number of carbonyl (C=O) groups excluding carboxylic acids is 2. The lowest BCUT2D eigenvalue weighted by atomic mass is 9.84. The second-order valence-corrected chi connectivity index (χ2v) is 22.3. The Balaban J connectivity index is 0.885. The van der Waals surface area contributed by atoms with Gasteiger partial charge in [-0.25, -0.2) is 0 Å². The summed E-state index contributed by atoms with van der Waals surface area (Å²) in [6, 6.07) is 80.7. The Morgan fingerprint density at radius 3 is 1.50 bits per heavy atom. The third kappa shape index (κ3) is 11.0. The van der Waals surface area contributed by atoms with Crippen molar-refractivity contribution < 1.29 is 9.59 Å². The van der Waals surface area contributed by atoms with Crippen molar-refractivity contribution in [3.8, 4) is 0 Å². The molecule has 374 valence electrons. The van der Waals surface area contributed by atoms with Crippen LogP contribution in [0.5, 0.6) is 0 Å². The highest BCUT2D eigenvalue weighted by Gasteiger charge is 2.43. The van der Waals surface area contributed by atoms with E-state index in [1.54, 1.807) is 0 Å². The van der Waals surface area contributed by atoms with Crippen LogP contribution in [0.25, 0.3) is 16.3 Å². The fourth-order valence-electron chi connectivity index (χ4n) is 11.8. The zero-order valence-corrected chi connectivity index (χ0v) is 44.2. The van der Waals surface area contributed by atoms with Crippen molar-refractivity contribution in [2.75, 3.05) is 44.2 Å². The Labute approximate surface area is 447 Å². The predicted molar refractivity (Wildman–Crippen MR) is 312 cm³/mol. The van der Waals surface area contributed by atoms with E-state index in [0.29, 0.717) is 25.6 Å². The van der Waals surface area contributed by atoms with E-state index in [-0.39, 0.29) is 17.7 Å². The van der Waals surface area contributed by atoms with Gasteiger partial charge in [0.1, 0.15) is 0 Å². The van der Waals surface area contributed by atoms with E-state index in [1.807, 2.05) is 30.4 Å². The first-order valence-corrected chi connectivity index (χ1v) is 28.6. The largest absolute Gasteiger partial charge is 0.354 e. The van der Waals surface area contributed by atoms with E-state index in [0.717, 1.165) is 62.4 Å². The average molecular weight is 1010 g/mol. The molecule has 0 aromatic heterocycles. The summed E-state index contributed by atoms with van der Waals surface area (Å²) in [5.74, 6) is 1.83. The highest BCUT2D eigenvalue weighted by molar-refractivity contribution is 8.00. The van der Waals surface area contributed by atoms with Gasteiger partial charge in [-0.2, -0.15) is 0 Å². The van der Waals surface area contributed by atoms with E-state index in [4.69, 9.17) is 0 Å². The monoisotopic (exact) mass is 1010 g/mol. The zero-order chi connectivity index (χ0) is 50.6. The number of benzene rings is 8. The maximum absolute atomic E-state index is 14.4. The SMILES string of the molecule is CCC(=O)C1=C(c2ccc3ccccc3c2)CC2CC[C@H]1N2CCCN(CCSC(c1ccccc1)(c1ccccc1)c1ccccc1)CC(=O)NCCSC(c1ccccc1)(c1ccccc1)c1ccccc1. The molecule has 0 saturated carbocycles. The number of nitrogens with one attached hydrogen (secondary N) is 1. The number of Topliss-reactive ketones (excluding diaryl/α,β-unsaturated/α-hetero) is 1. The Bertz CT molecular complexity index is 2920. The third-order valence-corrected chi connectivity index (χ3v) is 18.3. The number of amides is 1. The molecule has 1 unspecified atom stereocenters. The summed E-state index contributed by atoms with van der Waals surface area (Å²) < 4.78 is -0.913. The van der Waals surface area contributed by atoms with Gasteiger partial charge in [-0.05, 0) is 93.6 Å². The molecule has 0 radical (unpaired) electrons. The summed E-state index contributed by atoms with van der Waals surface area (Å²) in [5.41, 5.74) is 10.8. The Hall–Kier alpha value is -6.48. The lowest BCUT2D eigenvalue weighted by molar-refractivity contribution is -0.122. The van der Waals surface area contributed by atoms with Crippen molar-refractivity contribution in [1.29, 1.82) is 0 Å². The number of hydrogen-bond donors (Lipinski definition) is 1. The molecule has 10 rings (SSSR count). The van der Waals surface area contributed by atoms with Crippen LogP contribution in [0.4, 0.5) is 0 Å². The number of ketones is 1. The van der Waals surface area contributed by atoms with Gasteiger partial charge in [0, 0.05) is 55.2 Å². The fourth-order valence-corrected chi connectivity index (χ4v) is 14.8. The average Bonchev–Trinajstić information content (AvgIpc) is 3.74. The van der Waals surface area contributed by atoms with E-state index in [2.05, 4.69) is 240 Å². The number of hydrogen-bond acceptors (Lipinski definition) is 6. The van der Waals surface area contributed by atoms with Crippen molar-refractivity contribution in [2.45, 2.75) is 60.6 Å². The summed E-state index contributed by atoms with van der Waals surface area (Å²) in [6.45, 7) is 5.23. The van der Waals surface area contributed by atoms with Crippen LogP contribution >= 0.6 is 23.5 Å². The molecule has 1 N–H and O–H groups in total. The Kier molecular flexibility index (Phi) is 16.7. The molecule has 1 saturated heterocycles. The molecule has 74 heavy (non-hydrogen) atoms. The molecule has 0 spiro atoms. The Morgan fingerprint density at radius 1 is 0.554 bits per heavy atom. The molecule has 2 atom stereocenters. The molecule has 2 aliphatic rings. The number of nitrogens with zero attached hydrogens (tertiary/aromatic N) is 2. The van der Waals surface area contributed by atoms with E-state index in [9.17, 15) is 9.59 Å². The maximum Gasteiger partial charge on any atom is 0.234 e. The molecule has 7 heteroatoms. The first kappa shape index (κ1) is 51.0. The van der Waals surface area contributed by atoms with Gasteiger partial charge in [0.05, 0.1) is 16.0 Å². The highest BCUT2D eigenvalue weighted by atomic mass is 32.2. The van der Waals surface area contributed by atoms with Crippen molar-refractivity contribution >= 4 is 51.6 Å². The van der Waals surface area contributed by atoms with Gasteiger partial charge < -0.3 is 5.32 Å². The van der Waals surface area contributed by atoms with Crippen LogP contribution in [-0.2, 0) is 19.1 Å². The van der Waals surface area contributed by atoms with Crippen LogP contribution in [0.3, 0.4) is 0 Å². The number of thioether (sulfide) groups is 2. The quantitative estimate of drug-likeness (QED) is 0.0509. The smallest absolute Gasteiger partial charge is 0.234 e. The van der Waals surface area contributed by atoms with Gasteiger partial charge in [0.2, 0.25) is 5.91 Å². The Morgan fingerprint density at radius 2 is 1.01 bits per heavy atom. The summed E-state index contributed by atoms with van der Waals surface area (Å²) in [7, 11) is 0. The molecular formula is C67H67N3O2S2. The minimum atomic E-state index is -0.457. The van der Waals surface area contributed by atoms with Crippen molar-refractivity contribution in [3.63, 3.8) is 0 Å². The first-order chi connectivity index (χ1) is 36.5. The fraction of sp³-hybridized carbons (Fsp3) is 0.254. The summed E-state index contributed by atoms with van der Waals surface area (Å²) in [6.07, 6.45) is 4.38. The lowest BCUT2D eigenvalue weighted by Crippen LogP contribution is -2.45. The van der Waals surface area contributed by atoms with Crippen LogP contribution in [0, 0.1) is 0 Å². The molecule has 2 aliphatic heterocycles. The van der Waals surface area contributed by atoms with Crippen molar-refractivity contribution in [2.24, 2.45) is 0 Å². The molecule has 1 fully saturated rings. The van der Waals surface area contributed by atoms with Crippen LogP contribution in [0.2, 0.25) is 0 Å². The highest BCUT2D eigenvalue weighted by Crippen LogP contribution is 2.50. The van der Waals surface area contributed by atoms with Crippen LogP contribution in [0.1, 0.15) is 78.0 Å². The van der Waals surface area contributed by atoms with E-state index >= 15 is 0 Å². The summed E-state index contributed by atoms with van der Waals surface area (Å²) >= 11 is 3.82. The van der Waals surface area contributed by atoms with Gasteiger partial charge in [-0.3, -0.25) is 19.4 Å². The van der Waals surface area contributed by atoms with E-state index < -0.39 is 9.49 Å². The van der Waals surface area contributed by atoms with Crippen LogP contribution < -0.4 is 5.32 Å². The van der Waals surface area contributed by atoms with Gasteiger partial charge in [-0.15, -0.1) is 23.5 Å². The van der Waals surface area contributed by atoms with Crippen LogP contribution in [-0.4, -0.2) is 77.8 Å². The first-order valence-electron chi connectivity index (χ1n) is 26.6. The van der Waals surface area contributed by atoms with Gasteiger partial charge in [0.15, 0.2) is 5.78 Å². The zero-order valence-electron chi connectivity index (χ0n) is 42.5. The standard InChI is InChI=1S/C67H67N3O2S2/c1-2-63(71)65-61(53-39-38-51-24-21-22-25-52(51)48-53)49-60-40-41-62(65)70(60)44-23-43-69(45-47-74-67(57-32-15-6-16-33-57,58-34-17-7-18-35-58)59-36-19-8-20-37-59)50-64(72)68-42-46-73-66(54-26-9-3-10-27-54,55-28-11-4-12-29-55)56-30-13-5-14-31-56/h3-22,24-39,48,60,62H,2,23,40-47,49-50H2,1H3,(H,68,72)/t60?,62-/m1/s1. The molecule has 2 bridgehead atoms. The summed E-state index contributed by atoms with van der Waals surface area (Å²) in [4.78, 5) is 33.4. The molecular weight excluding hydrogens is 943 g/mol. The topological polar surface area (TPSA) is 52.7 Å². The number of carbonyl (C=O) groups is 2. The molecule has 0 aliphatic carbocycles. The molecule has 5 nitrogen and oxygen atoms in total. The third-order valence-electron chi connectivity index (χ3n) is 15.3. The van der Waals surface area contributed by atoms with Gasteiger partial charge >= 0.3 is 0 Å². The molecule has 8 aromatic carbocycles. The van der Waals surface area contributed by atoms with Gasteiger partial charge in [0.25, 0.3) is 0 Å². The van der Waals surface area contributed by atoms with Crippen molar-refractivity contribution in [1.82, 2.24) is 15.1 Å². The predicted octanol–water partition coefficient (Wildman–Crippen LogP) is 14.1. The second kappa shape index (κ2) is 24.2. The molecule has 1 amide bonds. The molecule has 2 heterocycles. The summed E-state index contributed by atoms with van der Waals surface area (Å²) in [5, 5.41) is 5.82. The number of fused-ring (bicyclic) bond motifs is 3. The lowest BCUT2D eigenvalue weighted by Gasteiger charge is -2.38. The second-order valence-electron chi connectivity index (χ2n) is 19.7. The van der Waals surface area contributed by atoms with Gasteiger partial charge in [-0.1, -0.05) is 225 Å². The normalized spacial score (nSPS) is 15.9. The molecule has 8 aromatic rings. The van der Waals surface area contributed by atoms with Crippen molar-refractivity contribution in [3.05, 3.63) is 269 Å². The minimum Gasteiger partial charge on any atom is -0.354 e. The minimum absolute atomic E-state index is 0.0394. The number of rotatable bonds is 23. The maximum atomic E-state index is 14.4. The van der Waals surface area contributed by atoms with E-state index in [1.165, 1.54) is 55.3 Å². The van der Waals surface area contributed by atoms with Crippen LogP contribution in [0.15, 0.2) is 230 Å².